The fourth-order valence-corrected chi connectivity index (χ4v) is 6.02. The number of amides is 1. The molecule has 5 rings (SSSR count). The summed E-state index contributed by atoms with van der Waals surface area (Å²) in [6.45, 7) is 7.80. The number of benzene rings is 1. The maximum absolute atomic E-state index is 13.6. The lowest BCUT2D eigenvalue weighted by Gasteiger charge is -2.23. The predicted octanol–water partition coefficient (Wildman–Crippen LogP) is 5.67. The molecule has 0 fully saturated rings. The van der Waals surface area contributed by atoms with Gasteiger partial charge in [-0.25, -0.2) is 9.97 Å². The van der Waals surface area contributed by atoms with Crippen molar-refractivity contribution in [2.75, 3.05) is 4.90 Å². The monoisotopic (exact) mass is 490 g/mol. The summed E-state index contributed by atoms with van der Waals surface area (Å²) >= 11 is 2.60. The minimum atomic E-state index is -0.895. The molecule has 0 bridgehead atoms. The average molecular weight is 491 g/mol. The number of hydrogen-bond donors (Lipinski definition) is 1. The number of thiazole rings is 2. The number of aromatic nitrogens is 3. The summed E-state index contributed by atoms with van der Waals surface area (Å²) in [4.78, 5) is 42.2. The minimum Gasteiger partial charge on any atom is -0.503 e. The van der Waals surface area contributed by atoms with Crippen LogP contribution < -0.4 is 4.90 Å². The Balaban J connectivity index is 1.66. The van der Waals surface area contributed by atoms with Crippen LogP contribution in [0.25, 0.3) is 10.2 Å². The molecule has 4 heterocycles. The fraction of sp³-hybridized carbons (Fsp3) is 0.240. The molecule has 9 heteroatoms. The molecule has 1 unspecified atom stereocenters. The Morgan fingerprint density at radius 3 is 2.56 bits per heavy atom. The van der Waals surface area contributed by atoms with E-state index in [1.807, 2.05) is 19.1 Å². The second kappa shape index (κ2) is 8.41. The van der Waals surface area contributed by atoms with Gasteiger partial charge in [-0.2, -0.15) is 0 Å². The number of Topliss-reactive ketones (excluding diaryl/α,β-unsaturated/α-hetero) is 1. The van der Waals surface area contributed by atoms with Crippen molar-refractivity contribution in [3.05, 3.63) is 80.8 Å². The van der Waals surface area contributed by atoms with E-state index in [1.54, 1.807) is 31.3 Å². The highest BCUT2D eigenvalue weighted by Crippen LogP contribution is 2.44. The van der Waals surface area contributed by atoms with Crippen molar-refractivity contribution in [3.63, 3.8) is 0 Å². The number of anilines is 1. The first-order valence-corrected chi connectivity index (χ1v) is 12.5. The molecule has 4 aromatic rings. The third kappa shape index (κ3) is 3.61. The van der Waals surface area contributed by atoms with Gasteiger partial charge in [0.2, 0.25) is 5.78 Å². The van der Waals surface area contributed by atoms with Crippen LogP contribution in [0, 0.1) is 13.8 Å². The second-order valence-corrected chi connectivity index (χ2v) is 10.7. The molecule has 1 aliphatic rings. The zero-order valence-corrected chi connectivity index (χ0v) is 20.7. The van der Waals surface area contributed by atoms with Crippen molar-refractivity contribution < 1.29 is 14.7 Å². The highest BCUT2D eigenvalue weighted by atomic mass is 32.1. The van der Waals surface area contributed by atoms with Gasteiger partial charge in [0.15, 0.2) is 10.9 Å². The Labute approximate surface area is 204 Å². The van der Waals surface area contributed by atoms with Crippen molar-refractivity contribution in [1.82, 2.24) is 15.0 Å². The summed E-state index contributed by atoms with van der Waals surface area (Å²) in [5.74, 6) is -1.31. The lowest BCUT2D eigenvalue weighted by Crippen LogP contribution is -2.31. The van der Waals surface area contributed by atoms with Crippen molar-refractivity contribution in [2.45, 2.75) is 39.7 Å². The first kappa shape index (κ1) is 22.4. The molecule has 0 aliphatic carbocycles. The van der Waals surface area contributed by atoms with Gasteiger partial charge in [0, 0.05) is 6.20 Å². The van der Waals surface area contributed by atoms with Crippen LogP contribution in [0.4, 0.5) is 5.13 Å². The Morgan fingerprint density at radius 2 is 1.91 bits per heavy atom. The van der Waals surface area contributed by atoms with Crippen LogP contribution in [0.1, 0.15) is 57.4 Å². The van der Waals surface area contributed by atoms with Gasteiger partial charge in [0.25, 0.3) is 5.91 Å². The first-order chi connectivity index (χ1) is 16.3. The van der Waals surface area contributed by atoms with Gasteiger partial charge >= 0.3 is 0 Å². The van der Waals surface area contributed by atoms with Gasteiger partial charge in [-0.15, -0.1) is 11.3 Å². The number of carbonyl (C=O) groups is 2. The lowest BCUT2D eigenvalue weighted by molar-refractivity contribution is -0.117. The maximum atomic E-state index is 13.6. The molecule has 1 N–H and O–H groups in total. The Kier molecular flexibility index (Phi) is 5.53. The second-order valence-electron chi connectivity index (χ2n) is 8.45. The van der Waals surface area contributed by atoms with Gasteiger partial charge in [0.05, 0.1) is 37.1 Å². The zero-order valence-electron chi connectivity index (χ0n) is 19.1. The molecule has 0 radical (unpaired) electrons. The minimum absolute atomic E-state index is 0.00224. The predicted molar refractivity (Wildman–Crippen MR) is 134 cm³/mol. The molecule has 1 atom stereocenters. The van der Waals surface area contributed by atoms with E-state index in [4.69, 9.17) is 0 Å². The third-order valence-corrected chi connectivity index (χ3v) is 7.89. The average Bonchev–Trinajstić information content (AvgIpc) is 3.46. The number of pyridine rings is 1. The first-order valence-electron chi connectivity index (χ1n) is 10.8. The summed E-state index contributed by atoms with van der Waals surface area (Å²) in [7, 11) is 0. The smallest absolute Gasteiger partial charge is 0.296 e. The Morgan fingerprint density at radius 1 is 1.12 bits per heavy atom. The molecule has 1 aliphatic heterocycles. The van der Waals surface area contributed by atoms with Crippen LogP contribution in [0.3, 0.4) is 0 Å². The van der Waals surface area contributed by atoms with Crippen molar-refractivity contribution >= 4 is 49.7 Å². The molecular formula is C25H22N4O3S2. The van der Waals surface area contributed by atoms with Crippen LogP contribution in [-0.4, -0.2) is 31.7 Å². The number of aryl methyl sites for hydroxylation is 2. The number of aliphatic hydroxyl groups excluding tert-OH is 1. The van der Waals surface area contributed by atoms with Gasteiger partial charge in [-0.1, -0.05) is 37.3 Å². The summed E-state index contributed by atoms with van der Waals surface area (Å²) in [6.07, 6.45) is 1.60. The third-order valence-electron chi connectivity index (χ3n) is 5.80. The van der Waals surface area contributed by atoms with E-state index >= 15 is 0 Å². The van der Waals surface area contributed by atoms with Crippen LogP contribution in [0.5, 0.6) is 0 Å². The molecule has 1 amide bonds. The highest BCUT2D eigenvalue weighted by Gasteiger charge is 2.47. The number of rotatable bonds is 5. The van der Waals surface area contributed by atoms with Crippen LogP contribution >= 0.6 is 22.7 Å². The molecular weight excluding hydrogens is 468 g/mol. The van der Waals surface area contributed by atoms with E-state index < -0.39 is 23.5 Å². The standard InChI is InChI=1S/C25H22N4O3S2/c1-12(2)15-8-9-16-18(11-15)34-25(28-16)29-20(17-7-5-6-10-26-17)19(22(31)24(29)32)21(30)23-13(3)27-14(4)33-23/h5-12,20,31H,1-4H3. The van der Waals surface area contributed by atoms with E-state index in [-0.39, 0.29) is 5.57 Å². The van der Waals surface area contributed by atoms with E-state index in [0.29, 0.717) is 27.3 Å². The molecule has 7 nitrogen and oxygen atoms in total. The Bertz CT molecular complexity index is 1470. The largest absolute Gasteiger partial charge is 0.503 e. The number of ketones is 1. The molecule has 0 saturated heterocycles. The van der Waals surface area contributed by atoms with Crippen molar-refractivity contribution in [2.24, 2.45) is 0 Å². The number of aliphatic hydroxyl groups is 1. The van der Waals surface area contributed by atoms with E-state index in [2.05, 4.69) is 34.9 Å². The molecule has 0 saturated carbocycles. The normalized spacial score (nSPS) is 16.3. The van der Waals surface area contributed by atoms with Gasteiger partial charge < -0.3 is 5.11 Å². The summed E-state index contributed by atoms with van der Waals surface area (Å²) < 4.78 is 0.932. The topological polar surface area (TPSA) is 96.3 Å². The number of hydrogen-bond acceptors (Lipinski definition) is 8. The zero-order chi connectivity index (χ0) is 24.1. The molecule has 3 aromatic heterocycles. The molecule has 0 spiro atoms. The highest BCUT2D eigenvalue weighted by molar-refractivity contribution is 7.22. The summed E-state index contributed by atoms with van der Waals surface area (Å²) in [5.41, 5.74) is 2.97. The number of carbonyl (C=O) groups excluding carboxylic acids is 2. The molecule has 172 valence electrons. The maximum Gasteiger partial charge on any atom is 0.296 e. The summed E-state index contributed by atoms with van der Waals surface area (Å²) in [5, 5.41) is 12.1. The summed E-state index contributed by atoms with van der Waals surface area (Å²) in [6, 6.07) is 10.4. The van der Waals surface area contributed by atoms with Gasteiger partial charge in [-0.05, 0) is 49.6 Å². The van der Waals surface area contributed by atoms with Crippen LogP contribution in [0.2, 0.25) is 0 Å². The van der Waals surface area contributed by atoms with Gasteiger partial charge in [0.1, 0.15) is 6.04 Å². The van der Waals surface area contributed by atoms with Gasteiger partial charge in [-0.3, -0.25) is 19.5 Å². The number of fused-ring (bicyclic) bond motifs is 1. The fourth-order valence-electron chi connectivity index (χ4n) is 4.11. The number of nitrogens with zero attached hydrogens (tertiary/aromatic N) is 4. The van der Waals surface area contributed by atoms with E-state index in [0.717, 1.165) is 15.2 Å². The lowest BCUT2D eigenvalue weighted by atomic mass is 9.98. The van der Waals surface area contributed by atoms with E-state index in [9.17, 15) is 14.7 Å². The quantitative estimate of drug-likeness (QED) is 0.362. The van der Waals surface area contributed by atoms with Crippen molar-refractivity contribution in [1.29, 1.82) is 0 Å². The Hall–Kier alpha value is -3.43. The molecule has 1 aromatic carbocycles. The van der Waals surface area contributed by atoms with E-state index in [1.165, 1.54) is 33.1 Å². The SMILES string of the molecule is Cc1nc(C)c(C(=O)C2=C(O)C(=O)N(c3nc4ccc(C(C)C)cc4s3)C2c2ccccn2)s1. The van der Waals surface area contributed by atoms with Crippen LogP contribution in [0.15, 0.2) is 53.9 Å². The van der Waals surface area contributed by atoms with Crippen molar-refractivity contribution in [3.8, 4) is 0 Å². The van der Waals surface area contributed by atoms with Crippen LogP contribution in [-0.2, 0) is 4.79 Å². The molecule has 34 heavy (non-hydrogen) atoms.